The largest absolute Gasteiger partial charge is 0.375 e. The first-order chi connectivity index (χ1) is 15.1. The van der Waals surface area contributed by atoms with Crippen molar-refractivity contribution < 1.29 is 4.74 Å². The first kappa shape index (κ1) is 24.8. The number of hydrogen-bond donors (Lipinski definition) is 2. The van der Waals surface area contributed by atoms with Gasteiger partial charge in [-0.05, 0) is 73.9 Å². The second-order valence-corrected chi connectivity index (χ2v) is 8.68. The van der Waals surface area contributed by atoms with Crippen LogP contribution in [0.4, 0.5) is 5.82 Å². The van der Waals surface area contributed by atoms with Gasteiger partial charge < -0.3 is 20.3 Å². The van der Waals surface area contributed by atoms with Crippen molar-refractivity contribution in [1.82, 2.24) is 15.6 Å². The maximum Gasteiger partial charge on any atom is 0.191 e. The molecule has 1 aromatic carbocycles. The maximum atomic E-state index is 5.65. The van der Waals surface area contributed by atoms with Crippen molar-refractivity contribution in [3.8, 4) is 0 Å². The summed E-state index contributed by atoms with van der Waals surface area (Å²) < 4.78 is 5.65. The van der Waals surface area contributed by atoms with Crippen LogP contribution in [0.15, 0.2) is 41.5 Å². The first-order valence-electron chi connectivity index (χ1n) is 11.5. The Bertz CT molecular complexity index is 919. The van der Waals surface area contributed by atoms with Gasteiger partial charge in [0.05, 0.1) is 18.8 Å². The summed E-state index contributed by atoms with van der Waals surface area (Å²) in [6, 6.07) is 11.3. The van der Waals surface area contributed by atoms with Crippen molar-refractivity contribution in [2.45, 2.75) is 58.2 Å². The van der Waals surface area contributed by atoms with Crippen LogP contribution in [0.25, 0.3) is 0 Å². The topological polar surface area (TPSA) is 61.8 Å². The van der Waals surface area contributed by atoms with Gasteiger partial charge in [0, 0.05) is 32.9 Å². The molecule has 0 spiro atoms. The smallest absolute Gasteiger partial charge is 0.191 e. The van der Waals surface area contributed by atoms with Gasteiger partial charge >= 0.3 is 0 Å². The lowest BCUT2D eigenvalue weighted by Crippen LogP contribution is -2.41. The number of aromatic nitrogens is 1. The number of halogens is 1. The zero-order valence-corrected chi connectivity index (χ0v) is 21.8. The molecule has 2 aliphatic rings. The minimum atomic E-state index is 0. The van der Waals surface area contributed by atoms with E-state index in [1.807, 2.05) is 13.2 Å². The van der Waals surface area contributed by atoms with Crippen LogP contribution in [0.1, 0.15) is 55.0 Å². The maximum absolute atomic E-state index is 5.65. The highest BCUT2D eigenvalue weighted by atomic mass is 127. The molecule has 1 aromatic heterocycles. The number of fused-ring (bicyclic) bond motifs is 1. The molecule has 0 amide bonds. The Morgan fingerprint density at radius 3 is 2.81 bits per heavy atom. The van der Waals surface area contributed by atoms with Crippen LogP contribution in [-0.2, 0) is 24.1 Å². The normalized spacial score (nSPS) is 19.5. The number of guanidine groups is 1. The van der Waals surface area contributed by atoms with Crippen LogP contribution in [0, 0.1) is 0 Å². The van der Waals surface area contributed by atoms with Crippen molar-refractivity contribution >= 4 is 35.8 Å². The van der Waals surface area contributed by atoms with Crippen molar-refractivity contribution in [1.29, 1.82) is 0 Å². The van der Waals surface area contributed by atoms with Crippen molar-refractivity contribution in [3.63, 3.8) is 0 Å². The molecule has 2 N–H and O–H groups in total. The van der Waals surface area contributed by atoms with Crippen LogP contribution < -0.4 is 15.5 Å². The van der Waals surface area contributed by atoms with E-state index in [1.54, 1.807) is 0 Å². The van der Waals surface area contributed by atoms with Crippen LogP contribution in [-0.4, -0.2) is 43.8 Å². The van der Waals surface area contributed by atoms with E-state index in [0.717, 1.165) is 31.5 Å². The van der Waals surface area contributed by atoms with E-state index < -0.39 is 0 Å². The Labute approximate surface area is 209 Å². The number of hydrogen-bond acceptors (Lipinski definition) is 4. The molecule has 0 bridgehead atoms. The average molecular weight is 550 g/mol. The Balaban J connectivity index is 0.00000289. The zero-order valence-electron chi connectivity index (χ0n) is 19.4. The molecule has 2 aromatic rings. The molecule has 0 radical (unpaired) electrons. The van der Waals surface area contributed by atoms with E-state index in [4.69, 9.17) is 4.74 Å². The number of ether oxygens (including phenoxy) is 1. The summed E-state index contributed by atoms with van der Waals surface area (Å²) in [4.78, 5) is 11.3. The highest BCUT2D eigenvalue weighted by Crippen LogP contribution is 2.24. The molecular weight excluding hydrogens is 513 g/mol. The van der Waals surface area contributed by atoms with Gasteiger partial charge in [0.25, 0.3) is 0 Å². The van der Waals surface area contributed by atoms with E-state index in [2.05, 4.69) is 69.7 Å². The van der Waals surface area contributed by atoms with Gasteiger partial charge in [0.2, 0.25) is 0 Å². The standard InChI is InChI=1S/C25H35N5O.HI/c1-18-17-30(12-13-31-18)24-14-20(10-11-27-24)16-28-25(26-3)29-19(2)22-9-8-21-6-4-5-7-23(21)15-22;/h8-11,14-15,18-19H,4-7,12-13,16-17H2,1-3H3,(H2,26,28,29);1H. The minimum absolute atomic E-state index is 0. The van der Waals surface area contributed by atoms with Crippen LogP contribution in [0.5, 0.6) is 0 Å². The molecule has 2 unspecified atom stereocenters. The van der Waals surface area contributed by atoms with Gasteiger partial charge in [-0.25, -0.2) is 4.98 Å². The summed E-state index contributed by atoms with van der Waals surface area (Å²) in [5.74, 6) is 1.82. The quantitative estimate of drug-likeness (QED) is 0.332. The Hall–Kier alpha value is -1.87. The summed E-state index contributed by atoms with van der Waals surface area (Å²) in [6.45, 7) is 7.52. The molecule has 2 heterocycles. The average Bonchev–Trinajstić information content (AvgIpc) is 2.81. The Kier molecular flexibility index (Phi) is 9.16. The second kappa shape index (κ2) is 11.8. The lowest BCUT2D eigenvalue weighted by Gasteiger charge is -2.32. The number of nitrogens with one attached hydrogen (secondary N) is 2. The third kappa shape index (κ3) is 6.34. The molecule has 2 atom stereocenters. The minimum Gasteiger partial charge on any atom is -0.375 e. The molecule has 0 saturated carbocycles. The highest BCUT2D eigenvalue weighted by molar-refractivity contribution is 14.0. The number of benzene rings is 1. The molecule has 32 heavy (non-hydrogen) atoms. The van der Waals surface area contributed by atoms with Crippen molar-refractivity contribution in [2.75, 3.05) is 31.6 Å². The van der Waals surface area contributed by atoms with Gasteiger partial charge in [0.1, 0.15) is 5.82 Å². The van der Waals surface area contributed by atoms with Crippen molar-refractivity contribution in [2.24, 2.45) is 4.99 Å². The second-order valence-electron chi connectivity index (χ2n) is 8.68. The molecule has 7 heteroatoms. The van der Waals surface area contributed by atoms with E-state index in [-0.39, 0.29) is 36.1 Å². The third-order valence-electron chi connectivity index (χ3n) is 6.28. The van der Waals surface area contributed by atoms with Crippen LogP contribution in [0.3, 0.4) is 0 Å². The first-order valence-corrected chi connectivity index (χ1v) is 11.5. The van der Waals surface area contributed by atoms with Crippen LogP contribution >= 0.6 is 24.0 Å². The van der Waals surface area contributed by atoms with Crippen molar-refractivity contribution in [3.05, 3.63) is 58.8 Å². The van der Waals surface area contributed by atoms with E-state index in [1.165, 1.54) is 47.9 Å². The molecule has 6 nitrogen and oxygen atoms in total. The predicted molar refractivity (Wildman–Crippen MR) is 142 cm³/mol. The predicted octanol–water partition coefficient (Wildman–Crippen LogP) is 4.23. The summed E-state index contributed by atoms with van der Waals surface area (Å²) in [7, 11) is 1.82. The molecular formula is C25H36IN5O. The number of morpholine rings is 1. The summed E-state index contributed by atoms with van der Waals surface area (Å²) in [5.41, 5.74) is 5.54. The molecule has 1 aliphatic carbocycles. The fourth-order valence-corrected chi connectivity index (χ4v) is 4.46. The summed E-state index contributed by atoms with van der Waals surface area (Å²) >= 11 is 0. The van der Waals surface area contributed by atoms with Gasteiger partial charge in [-0.1, -0.05) is 18.2 Å². The fourth-order valence-electron chi connectivity index (χ4n) is 4.46. The van der Waals surface area contributed by atoms with Gasteiger partial charge in [0.15, 0.2) is 5.96 Å². The lowest BCUT2D eigenvalue weighted by atomic mass is 9.89. The van der Waals surface area contributed by atoms with E-state index in [0.29, 0.717) is 6.54 Å². The highest BCUT2D eigenvalue weighted by Gasteiger charge is 2.18. The van der Waals surface area contributed by atoms with E-state index in [9.17, 15) is 0 Å². The van der Waals surface area contributed by atoms with E-state index >= 15 is 0 Å². The van der Waals surface area contributed by atoms with Gasteiger partial charge in [-0.2, -0.15) is 0 Å². The summed E-state index contributed by atoms with van der Waals surface area (Å²) in [6.07, 6.45) is 7.17. The van der Waals surface area contributed by atoms with Gasteiger partial charge in [-0.3, -0.25) is 4.99 Å². The molecule has 1 saturated heterocycles. The number of rotatable bonds is 5. The number of pyridine rings is 1. The van der Waals surface area contributed by atoms with Gasteiger partial charge in [-0.15, -0.1) is 24.0 Å². The monoisotopic (exact) mass is 549 g/mol. The molecule has 1 fully saturated rings. The Morgan fingerprint density at radius 1 is 1.22 bits per heavy atom. The summed E-state index contributed by atoms with van der Waals surface area (Å²) in [5, 5.41) is 7.00. The Morgan fingerprint density at radius 2 is 2.03 bits per heavy atom. The third-order valence-corrected chi connectivity index (χ3v) is 6.28. The molecule has 174 valence electrons. The molecule has 1 aliphatic heterocycles. The molecule has 4 rings (SSSR count). The number of anilines is 1. The zero-order chi connectivity index (χ0) is 21.6. The number of aliphatic imine (C=N–C) groups is 1. The fraction of sp³-hybridized carbons (Fsp3) is 0.520. The SMILES string of the molecule is CN=C(NCc1ccnc(N2CCOC(C)C2)c1)NC(C)c1ccc2c(c1)CCCC2.I. The lowest BCUT2D eigenvalue weighted by molar-refractivity contribution is 0.0529. The number of nitrogens with zero attached hydrogens (tertiary/aromatic N) is 3. The number of aryl methyl sites for hydroxylation is 2. The van der Waals surface area contributed by atoms with Crippen LogP contribution in [0.2, 0.25) is 0 Å².